The van der Waals surface area contributed by atoms with Crippen LogP contribution >= 0.6 is 0 Å². The number of rotatable bonds is 2. The number of nitrogens with two attached hydrogens (primary N) is 1. The molecular formula is C9H15F2NO2S. The van der Waals surface area contributed by atoms with Crippen LogP contribution in [0.2, 0.25) is 0 Å². The lowest BCUT2D eigenvalue weighted by atomic mass is 9.80. The normalized spacial score (nSPS) is 39.3. The largest absolute Gasteiger partial charge is 0.254 e. The Bertz CT molecular complexity index is 358. The molecule has 88 valence electrons. The lowest BCUT2D eigenvalue weighted by molar-refractivity contribution is 0.0422. The van der Waals surface area contributed by atoms with E-state index in [1.165, 1.54) is 0 Å². The predicted octanol–water partition coefficient (Wildman–Crippen LogP) is 1.49. The van der Waals surface area contributed by atoms with Crippen LogP contribution in [0.4, 0.5) is 8.78 Å². The summed E-state index contributed by atoms with van der Waals surface area (Å²) in [5, 5.41) is 4.93. The maximum atomic E-state index is 13.0. The summed E-state index contributed by atoms with van der Waals surface area (Å²) in [7, 11) is -3.46. The molecule has 0 aromatic heterocycles. The van der Waals surface area contributed by atoms with Crippen molar-refractivity contribution in [2.45, 2.75) is 38.0 Å². The van der Waals surface area contributed by atoms with Gasteiger partial charge in [0.25, 0.3) is 5.92 Å². The SMILES string of the molecule is NS(=O)(=O)CC1CCC2(CC1)CC2(F)F. The first-order valence-electron chi connectivity index (χ1n) is 5.12. The number of alkyl halides is 2. The van der Waals surface area contributed by atoms with Crippen LogP contribution < -0.4 is 5.14 Å². The molecule has 2 aliphatic rings. The maximum absolute atomic E-state index is 13.0. The second kappa shape index (κ2) is 3.13. The third-order valence-electron chi connectivity index (χ3n) is 3.74. The molecular weight excluding hydrogens is 224 g/mol. The third kappa shape index (κ3) is 2.15. The molecule has 2 N–H and O–H groups in total. The van der Waals surface area contributed by atoms with Gasteiger partial charge in [0, 0.05) is 11.8 Å². The molecule has 0 aliphatic heterocycles. The topological polar surface area (TPSA) is 60.2 Å². The van der Waals surface area contributed by atoms with Gasteiger partial charge in [0.1, 0.15) is 0 Å². The zero-order valence-electron chi connectivity index (χ0n) is 8.38. The molecule has 1 spiro atoms. The van der Waals surface area contributed by atoms with Crippen molar-refractivity contribution in [2.75, 3.05) is 5.75 Å². The standard InChI is InChI=1S/C9H15F2NO2S/c10-9(11)6-8(9)3-1-7(2-4-8)5-15(12,13)14/h7H,1-6H2,(H2,12,13,14). The summed E-state index contributed by atoms with van der Waals surface area (Å²) in [5.41, 5.74) is -0.790. The van der Waals surface area contributed by atoms with Crippen molar-refractivity contribution in [3.05, 3.63) is 0 Å². The molecule has 6 heteroatoms. The summed E-state index contributed by atoms with van der Waals surface area (Å²) in [6.07, 6.45) is 2.00. The van der Waals surface area contributed by atoms with Crippen molar-refractivity contribution in [1.82, 2.24) is 0 Å². The first-order chi connectivity index (χ1) is 6.74. The molecule has 0 saturated heterocycles. The van der Waals surface area contributed by atoms with Crippen molar-refractivity contribution >= 4 is 10.0 Å². The van der Waals surface area contributed by atoms with Crippen molar-refractivity contribution in [1.29, 1.82) is 0 Å². The Kier molecular flexibility index (Phi) is 2.35. The van der Waals surface area contributed by atoms with Crippen LogP contribution in [0, 0.1) is 11.3 Å². The van der Waals surface area contributed by atoms with E-state index in [1.54, 1.807) is 0 Å². The molecule has 0 aromatic carbocycles. The fourth-order valence-electron chi connectivity index (χ4n) is 2.65. The van der Waals surface area contributed by atoms with Crippen molar-refractivity contribution in [3.8, 4) is 0 Å². The third-order valence-corrected chi connectivity index (χ3v) is 4.68. The quantitative estimate of drug-likeness (QED) is 0.793. The fourth-order valence-corrected chi connectivity index (χ4v) is 3.64. The van der Waals surface area contributed by atoms with Gasteiger partial charge in [-0.3, -0.25) is 0 Å². The Labute approximate surface area is 88.1 Å². The fraction of sp³-hybridized carbons (Fsp3) is 1.00. The minimum absolute atomic E-state index is 0.0118. The molecule has 0 heterocycles. The molecule has 0 atom stereocenters. The van der Waals surface area contributed by atoms with Gasteiger partial charge in [-0.25, -0.2) is 22.3 Å². The van der Waals surface area contributed by atoms with E-state index in [4.69, 9.17) is 5.14 Å². The highest BCUT2D eigenvalue weighted by molar-refractivity contribution is 7.89. The maximum Gasteiger partial charge on any atom is 0.254 e. The molecule has 0 aromatic rings. The van der Waals surface area contributed by atoms with Crippen molar-refractivity contribution in [2.24, 2.45) is 16.5 Å². The minimum atomic E-state index is -3.46. The summed E-state index contributed by atoms with van der Waals surface area (Å²) in [6.45, 7) is 0. The Morgan fingerprint density at radius 3 is 2.07 bits per heavy atom. The van der Waals surface area contributed by atoms with E-state index < -0.39 is 21.4 Å². The number of hydrogen-bond donors (Lipinski definition) is 1. The van der Waals surface area contributed by atoms with Gasteiger partial charge in [0.05, 0.1) is 5.75 Å². The molecule has 15 heavy (non-hydrogen) atoms. The van der Waals surface area contributed by atoms with E-state index in [0.717, 1.165) is 0 Å². The van der Waals surface area contributed by atoms with E-state index in [1.807, 2.05) is 0 Å². The van der Waals surface area contributed by atoms with Gasteiger partial charge in [-0.1, -0.05) is 0 Å². The monoisotopic (exact) mass is 239 g/mol. The predicted molar refractivity (Wildman–Crippen MR) is 51.9 cm³/mol. The second-order valence-electron chi connectivity index (χ2n) is 4.93. The number of primary sulfonamides is 1. The molecule has 2 saturated carbocycles. The number of hydrogen-bond acceptors (Lipinski definition) is 2. The van der Waals surface area contributed by atoms with Gasteiger partial charge in [-0.05, 0) is 31.6 Å². The van der Waals surface area contributed by atoms with E-state index in [0.29, 0.717) is 25.7 Å². The molecule has 2 rings (SSSR count). The summed E-state index contributed by atoms with van der Waals surface area (Å²) < 4.78 is 47.7. The van der Waals surface area contributed by atoms with Gasteiger partial charge in [-0.2, -0.15) is 0 Å². The summed E-state index contributed by atoms with van der Waals surface area (Å²) >= 11 is 0. The molecule has 2 aliphatic carbocycles. The van der Waals surface area contributed by atoms with Gasteiger partial charge in [0.2, 0.25) is 10.0 Å². The molecule has 3 nitrogen and oxygen atoms in total. The van der Waals surface area contributed by atoms with Gasteiger partial charge in [0.15, 0.2) is 0 Å². The summed E-state index contributed by atoms with van der Waals surface area (Å²) in [4.78, 5) is 0. The zero-order valence-corrected chi connectivity index (χ0v) is 9.19. The highest BCUT2D eigenvalue weighted by Gasteiger charge is 2.70. The smallest absolute Gasteiger partial charge is 0.229 e. The molecule has 2 fully saturated rings. The van der Waals surface area contributed by atoms with Crippen LogP contribution in [-0.4, -0.2) is 20.1 Å². The highest BCUT2D eigenvalue weighted by atomic mass is 32.2. The van der Waals surface area contributed by atoms with E-state index in [2.05, 4.69) is 0 Å². The van der Waals surface area contributed by atoms with E-state index >= 15 is 0 Å². The highest BCUT2D eigenvalue weighted by Crippen LogP contribution is 2.67. The van der Waals surface area contributed by atoms with Crippen LogP contribution in [0.5, 0.6) is 0 Å². The van der Waals surface area contributed by atoms with Crippen LogP contribution in [0.25, 0.3) is 0 Å². The molecule has 0 amide bonds. The Balaban J connectivity index is 1.89. The molecule has 0 bridgehead atoms. The lowest BCUT2D eigenvalue weighted by Gasteiger charge is -2.27. The number of sulfonamides is 1. The van der Waals surface area contributed by atoms with Gasteiger partial charge >= 0.3 is 0 Å². The summed E-state index contributed by atoms with van der Waals surface area (Å²) in [6, 6.07) is 0. The summed E-state index contributed by atoms with van der Waals surface area (Å²) in [5.74, 6) is -2.59. The van der Waals surface area contributed by atoms with Crippen LogP contribution in [0.15, 0.2) is 0 Å². The van der Waals surface area contributed by atoms with Crippen LogP contribution in [0.3, 0.4) is 0 Å². The van der Waals surface area contributed by atoms with Crippen molar-refractivity contribution < 1.29 is 17.2 Å². The minimum Gasteiger partial charge on any atom is -0.229 e. The Morgan fingerprint density at radius 1 is 1.27 bits per heavy atom. The number of halogens is 2. The average Bonchev–Trinajstić information content (AvgIpc) is 2.56. The average molecular weight is 239 g/mol. The molecule has 0 unspecified atom stereocenters. The van der Waals surface area contributed by atoms with Crippen molar-refractivity contribution in [3.63, 3.8) is 0 Å². The Hall–Kier alpha value is -0.230. The van der Waals surface area contributed by atoms with E-state index in [9.17, 15) is 17.2 Å². The van der Waals surface area contributed by atoms with E-state index in [-0.39, 0.29) is 18.1 Å². The van der Waals surface area contributed by atoms with Gasteiger partial charge < -0.3 is 0 Å². The van der Waals surface area contributed by atoms with Crippen LogP contribution in [-0.2, 0) is 10.0 Å². The second-order valence-corrected chi connectivity index (χ2v) is 6.59. The molecule has 0 radical (unpaired) electrons. The first-order valence-corrected chi connectivity index (χ1v) is 6.84. The lowest BCUT2D eigenvalue weighted by Crippen LogP contribution is -2.28. The van der Waals surface area contributed by atoms with Gasteiger partial charge in [-0.15, -0.1) is 0 Å². The van der Waals surface area contributed by atoms with Crippen LogP contribution in [0.1, 0.15) is 32.1 Å². The zero-order chi connectivity index (χ0) is 11.3. The Morgan fingerprint density at radius 2 is 1.73 bits per heavy atom. The first kappa shape index (κ1) is 11.3.